The summed E-state index contributed by atoms with van der Waals surface area (Å²) in [6.45, 7) is 4.18. The Morgan fingerprint density at radius 1 is 1.15 bits per heavy atom. The Morgan fingerprint density at radius 2 is 1.80 bits per heavy atom. The average molecular weight is 270 g/mol. The number of hydrogen-bond acceptors (Lipinski definition) is 2. The minimum Gasteiger partial charge on any atom is -0.298 e. The van der Waals surface area contributed by atoms with E-state index in [0.717, 1.165) is 24.1 Å². The smallest absolute Gasteiger partial charge is 0.149 e. The molecule has 2 aromatic rings. The largest absolute Gasteiger partial charge is 0.298 e. The van der Waals surface area contributed by atoms with Gasteiger partial charge in [0.2, 0.25) is 0 Å². The normalized spacial score (nSPS) is 11.6. The third-order valence-electron chi connectivity index (χ3n) is 4.18. The molecule has 3 nitrogen and oxygen atoms in total. The second-order valence-electron chi connectivity index (χ2n) is 5.24. The minimum atomic E-state index is -0.390. The fourth-order valence-corrected chi connectivity index (χ4v) is 2.86. The molecule has 2 rings (SSSR count). The van der Waals surface area contributed by atoms with E-state index in [1.807, 2.05) is 37.5 Å². The molecule has 1 aromatic heterocycles. The van der Waals surface area contributed by atoms with Gasteiger partial charge < -0.3 is 0 Å². The van der Waals surface area contributed by atoms with Crippen molar-refractivity contribution in [3.8, 4) is 0 Å². The van der Waals surface area contributed by atoms with Crippen molar-refractivity contribution in [3.63, 3.8) is 0 Å². The van der Waals surface area contributed by atoms with Crippen molar-refractivity contribution in [2.75, 3.05) is 0 Å². The molecule has 1 aromatic carbocycles. The molecule has 0 atom stereocenters. The van der Waals surface area contributed by atoms with E-state index in [2.05, 4.69) is 31.1 Å². The van der Waals surface area contributed by atoms with Gasteiger partial charge in [0.15, 0.2) is 0 Å². The maximum atomic E-state index is 12.9. The van der Waals surface area contributed by atoms with Crippen LogP contribution in [0.1, 0.15) is 37.9 Å². The maximum absolute atomic E-state index is 12.9. The second-order valence-corrected chi connectivity index (χ2v) is 5.24. The molecule has 3 heteroatoms. The fourth-order valence-electron chi connectivity index (χ4n) is 2.86. The third kappa shape index (κ3) is 2.67. The summed E-state index contributed by atoms with van der Waals surface area (Å²) in [6, 6.07) is 12.0. The summed E-state index contributed by atoms with van der Waals surface area (Å²) in [7, 11) is 1.87. The lowest BCUT2D eigenvalue weighted by molar-refractivity contribution is -0.124. The number of rotatable bonds is 6. The monoisotopic (exact) mass is 270 g/mol. The van der Waals surface area contributed by atoms with E-state index < -0.39 is 5.41 Å². The van der Waals surface area contributed by atoms with Gasteiger partial charge in [-0.05, 0) is 24.5 Å². The summed E-state index contributed by atoms with van der Waals surface area (Å²) < 4.78 is 1.74. The predicted octanol–water partition coefficient (Wildman–Crippen LogP) is 3.29. The molecule has 0 aliphatic carbocycles. The summed E-state index contributed by atoms with van der Waals surface area (Å²) in [5.74, 6) is 0.257. The Kier molecular flexibility index (Phi) is 4.38. The summed E-state index contributed by atoms with van der Waals surface area (Å²) in [5.41, 5.74) is 1.57. The molecule has 0 radical (unpaired) electrons. The van der Waals surface area contributed by atoms with Crippen molar-refractivity contribution in [3.05, 3.63) is 53.9 Å². The van der Waals surface area contributed by atoms with Crippen LogP contribution in [-0.2, 0) is 23.7 Å². The molecule has 0 fully saturated rings. The van der Waals surface area contributed by atoms with Gasteiger partial charge in [0.25, 0.3) is 0 Å². The van der Waals surface area contributed by atoms with Crippen molar-refractivity contribution in [2.45, 2.75) is 38.5 Å². The number of aromatic nitrogens is 2. The van der Waals surface area contributed by atoms with Gasteiger partial charge in [0.1, 0.15) is 5.78 Å². The zero-order valence-electron chi connectivity index (χ0n) is 12.5. The Balaban J connectivity index is 2.30. The number of nitrogens with zero attached hydrogens (tertiary/aromatic N) is 2. The molecule has 106 valence electrons. The molecule has 0 aliphatic rings. The Bertz CT molecular complexity index is 568. The highest BCUT2D eigenvalue weighted by atomic mass is 16.1. The number of ketones is 1. The number of Topliss-reactive ketones (excluding diaryl/α,β-unsaturated/α-hetero) is 1. The van der Waals surface area contributed by atoms with Gasteiger partial charge in [-0.1, -0.05) is 44.2 Å². The lowest BCUT2D eigenvalue weighted by Crippen LogP contribution is -2.36. The maximum Gasteiger partial charge on any atom is 0.149 e. The van der Waals surface area contributed by atoms with Crippen molar-refractivity contribution >= 4 is 5.78 Å². The van der Waals surface area contributed by atoms with Crippen molar-refractivity contribution in [1.29, 1.82) is 0 Å². The Labute approximate surface area is 120 Å². The fraction of sp³-hybridized carbons (Fsp3) is 0.412. The molecule has 0 unspecified atom stereocenters. The molecular weight excluding hydrogens is 248 g/mol. The number of carbonyl (C=O) groups is 1. The van der Waals surface area contributed by atoms with Crippen LogP contribution in [0.5, 0.6) is 0 Å². The molecule has 0 spiro atoms. The van der Waals surface area contributed by atoms with Crippen molar-refractivity contribution in [1.82, 2.24) is 9.78 Å². The summed E-state index contributed by atoms with van der Waals surface area (Å²) >= 11 is 0. The van der Waals surface area contributed by atoms with Crippen molar-refractivity contribution < 1.29 is 4.79 Å². The van der Waals surface area contributed by atoms with E-state index in [-0.39, 0.29) is 5.78 Å². The van der Waals surface area contributed by atoms with Crippen molar-refractivity contribution in [2.24, 2.45) is 7.05 Å². The summed E-state index contributed by atoms with van der Waals surface area (Å²) in [5, 5.41) is 4.32. The van der Waals surface area contributed by atoms with Crippen LogP contribution in [-0.4, -0.2) is 15.6 Å². The predicted molar refractivity (Wildman–Crippen MR) is 80.6 cm³/mol. The van der Waals surface area contributed by atoms with E-state index in [1.165, 1.54) is 0 Å². The molecule has 20 heavy (non-hydrogen) atoms. The molecule has 1 heterocycles. The van der Waals surface area contributed by atoms with Crippen LogP contribution < -0.4 is 0 Å². The molecule has 0 saturated heterocycles. The van der Waals surface area contributed by atoms with E-state index >= 15 is 0 Å². The van der Waals surface area contributed by atoms with Gasteiger partial charge in [-0.2, -0.15) is 5.10 Å². The van der Waals surface area contributed by atoms with Crippen LogP contribution in [0.25, 0.3) is 0 Å². The standard InChI is InChI=1S/C17H22N2O/c1-4-17(5-2,14-9-7-6-8-10-14)16(20)13-15-11-12-19(3)18-15/h6-12H,4-5,13H2,1-3H3. The summed E-state index contributed by atoms with van der Waals surface area (Å²) in [6.07, 6.45) is 3.92. The van der Waals surface area contributed by atoms with Gasteiger partial charge in [-0.25, -0.2) is 0 Å². The molecule has 0 N–H and O–H groups in total. The van der Waals surface area contributed by atoms with Gasteiger partial charge >= 0.3 is 0 Å². The van der Waals surface area contributed by atoms with E-state index in [1.54, 1.807) is 4.68 Å². The quantitative estimate of drug-likeness (QED) is 0.807. The van der Waals surface area contributed by atoms with Gasteiger partial charge in [0.05, 0.1) is 17.5 Å². The number of hydrogen-bond donors (Lipinski definition) is 0. The second kappa shape index (κ2) is 6.04. The van der Waals surface area contributed by atoms with Gasteiger partial charge in [-0.3, -0.25) is 9.48 Å². The highest BCUT2D eigenvalue weighted by Gasteiger charge is 2.36. The SMILES string of the molecule is CCC(CC)(C(=O)Cc1ccn(C)n1)c1ccccc1. The first-order chi connectivity index (χ1) is 9.62. The van der Waals surface area contributed by atoms with Crippen LogP contribution in [0.4, 0.5) is 0 Å². The summed E-state index contributed by atoms with van der Waals surface area (Å²) in [4.78, 5) is 12.9. The number of carbonyl (C=O) groups excluding carboxylic acids is 1. The lowest BCUT2D eigenvalue weighted by atomic mass is 9.71. The molecule has 0 saturated carbocycles. The van der Waals surface area contributed by atoms with Crippen LogP contribution in [0.2, 0.25) is 0 Å². The number of aryl methyl sites for hydroxylation is 1. The minimum absolute atomic E-state index is 0.257. The topological polar surface area (TPSA) is 34.9 Å². The van der Waals surface area contributed by atoms with Crippen LogP contribution in [0.15, 0.2) is 42.6 Å². The molecular formula is C17H22N2O. The van der Waals surface area contributed by atoms with Crippen LogP contribution >= 0.6 is 0 Å². The first kappa shape index (κ1) is 14.5. The van der Waals surface area contributed by atoms with E-state index in [9.17, 15) is 4.79 Å². The highest BCUT2D eigenvalue weighted by Crippen LogP contribution is 2.33. The zero-order valence-corrected chi connectivity index (χ0v) is 12.5. The van der Waals surface area contributed by atoms with E-state index in [0.29, 0.717) is 6.42 Å². The van der Waals surface area contributed by atoms with Crippen LogP contribution in [0, 0.1) is 0 Å². The number of benzene rings is 1. The third-order valence-corrected chi connectivity index (χ3v) is 4.18. The lowest BCUT2D eigenvalue weighted by Gasteiger charge is -2.30. The Hall–Kier alpha value is -1.90. The average Bonchev–Trinajstić information content (AvgIpc) is 2.87. The van der Waals surface area contributed by atoms with Gasteiger partial charge in [0, 0.05) is 13.2 Å². The van der Waals surface area contributed by atoms with E-state index in [4.69, 9.17) is 0 Å². The molecule has 0 amide bonds. The van der Waals surface area contributed by atoms with Gasteiger partial charge in [-0.15, -0.1) is 0 Å². The molecule has 0 bridgehead atoms. The molecule has 0 aliphatic heterocycles. The first-order valence-corrected chi connectivity index (χ1v) is 7.19. The Morgan fingerprint density at radius 3 is 2.30 bits per heavy atom. The zero-order chi connectivity index (χ0) is 14.6. The highest BCUT2D eigenvalue weighted by molar-refractivity contribution is 5.91. The van der Waals surface area contributed by atoms with Crippen LogP contribution in [0.3, 0.4) is 0 Å². The first-order valence-electron chi connectivity index (χ1n) is 7.19.